The maximum Gasteiger partial charge on any atom is 0.490 e. The number of nitrogens with one attached hydrogen (secondary N) is 1. The van der Waals surface area contributed by atoms with Crippen LogP contribution in [0.1, 0.15) is 24.5 Å². The van der Waals surface area contributed by atoms with E-state index >= 15 is 0 Å². The van der Waals surface area contributed by atoms with Crippen molar-refractivity contribution in [1.29, 1.82) is 0 Å². The number of hydrogen-bond donors (Lipinski definition) is 2. The molecule has 5 rings (SSSR count). The normalized spacial score (nSPS) is 15.7. The molecule has 13 heteroatoms. The maximum absolute atomic E-state index is 13.0. The molecule has 1 unspecified atom stereocenters. The lowest BCUT2D eigenvalue weighted by atomic mass is 10.0. The van der Waals surface area contributed by atoms with Gasteiger partial charge in [-0.2, -0.15) is 26.3 Å². The number of H-pyrrole nitrogens is 1. The Balaban J connectivity index is 0.000000541. The Morgan fingerprint density at radius 1 is 0.977 bits per heavy atom. The second-order valence-corrected chi connectivity index (χ2v) is 10.2. The average molecular weight is 607 g/mol. The summed E-state index contributed by atoms with van der Waals surface area (Å²) in [4.78, 5) is 32.2. The number of alkyl halides is 6. The summed E-state index contributed by atoms with van der Waals surface area (Å²) in [7, 11) is 1.87. The van der Waals surface area contributed by atoms with Crippen LogP contribution in [0.2, 0.25) is 0 Å². The molecule has 1 aromatic heterocycles. The lowest BCUT2D eigenvalue weighted by molar-refractivity contribution is -0.192. The van der Waals surface area contributed by atoms with Gasteiger partial charge >= 0.3 is 18.3 Å². The summed E-state index contributed by atoms with van der Waals surface area (Å²) in [6.45, 7) is 4.27. The number of aromatic amines is 1. The number of fused-ring (bicyclic) bond motifs is 1. The van der Waals surface area contributed by atoms with Gasteiger partial charge in [-0.1, -0.05) is 42.5 Å². The molecule has 2 N–H and O–H groups in total. The highest BCUT2D eigenvalue weighted by Crippen LogP contribution is 2.32. The fraction of sp³-hybridized carbons (Fsp3) is 0.300. The van der Waals surface area contributed by atoms with Crippen LogP contribution >= 0.6 is 0 Å². The number of aromatic nitrogens is 2. The number of carbonyl (C=O) groups excluding carboxylic acids is 1. The predicted molar refractivity (Wildman–Crippen MR) is 148 cm³/mol. The van der Waals surface area contributed by atoms with E-state index in [2.05, 4.69) is 33.1 Å². The molecule has 1 aliphatic rings. The number of carboxylic acids is 1. The van der Waals surface area contributed by atoms with Crippen molar-refractivity contribution in [3.63, 3.8) is 0 Å². The number of benzene rings is 3. The standard InChI is InChI=1S/C28H27F3N4O.C2HF3O2/c1-18(36)34(2)24-12-13-35(17-24)16-19-4-3-5-22(14-19)20-6-8-21(9-7-20)27-32-25-11-10-23(28(29,30)31)15-26(25)33-27;3-2(4,5)1(6)7/h3-11,14-15,24H,12-13,16-17H2,1-2H3,(H,32,33);(H,6,7). The number of carboxylic acid groups (broad SMARTS) is 1. The van der Waals surface area contributed by atoms with Crippen molar-refractivity contribution >= 4 is 22.9 Å². The van der Waals surface area contributed by atoms with Gasteiger partial charge in [0.05, 0.1) is 16.6 Å². The number of amides is 1. The van der Waals surface area contributed by atoms with Gasteiger partial charge in [-0.25, -0.2) is 9.78 Å². The number of carbonyl (C=O) groups is 2. The SMILES string of the molecule is CC(=O)N(C)C1CCN(Cc2cccc(-c3ccc(-c4nc5ccc(C(F)(F)F)cc5[nH]4)cc3)c2)C1.O=C(O)C(F)(F)F. The van der Waals surface area contributed by atoms with Gasteiger partial charge in [-0.3, -0.25) is 9.69 Å². The Bertz CT molecular complexity index is 1600. The van der Waals surface area contributed by atoms with Gasteiger partial charge in [0.1, 0.15) is 5.82 Å². The van der Waals surface area contributed by atoms with Gasteiger partial charge in [0.15, 0.2) is 0 Å². The molecule has 0 aliphatic carbocycles. The largest absolute Gasteiger partial charge is 0.490 e. The van der Waals surface area contributed by atoms with E-state index in [0.717, 1.165) is 54.9 Å². The number of aliphatic carboxylic acids is 1. The molecule has 1 amide bonds. The third-order valence-electron chi connectivity index (χ3n) is 7.17. The molecular weight excluding hydrogens is 578 g/mol. The smallest absolute Gasteiger partial charge is 0.475 e. The summed E-state index contributed by atoms with van der Waals surface area (Å²) in [6, 6.07) is 20.0. The fourth-order valence-corrected chi connectivity index (χ4v) is 4.78. The van der Waals surface area contributed by atoms with Crippen LogP contribution in [-0.4, -0.2) is 69.1 Å². The van der Waals surface area contributed by atoms with Crippen LogP contribution in [0.4, 0.5) is 26.3 Å². The summed E-state index contributed by atoms with van der Waals surface area (Å²) in [5.74, 6) is -2.13. The maximum atomic E-state index is 13.0. The minimum Gasteiger partial charge on any atom is -0.475 e. The topological polar surface area (TPSA) is 89.5 Å². The molecule has 1 atom stereocenters. The van der Waals surface area contributed by atoms with Crippen LogP contribution in [0.3, 0.4) is 0 Å². The molecule has 1 fully saturated rings. The Labute approximate surface area is 242 Å². The van der Waals surface area contributed by atoms with Crippen LogP contribution in [0.15, 0.2) is 66.7 Å². The zero-order chi connectivity index (χ0) is 31.5. The molecule has 43 heavy (non-hydrogen) atoms. The molecule has 3 aromatic carbocycles. The third-order valence-corrected chi connectivity index (χ3v) is 7.17. The van der Waals surface area contributed by atoms with E-state index in [4.69, 9.17) is 9.90 Å². The van der Waals surface area contributed by atoms with E-state index in [0.29, 0.717) is 16.9 Å². The Kier molecular flexibility index (Phi) is 9.14. The highest BCUT2D eigenvalue weighted by atomic mass is 19.4. The van der Waals surface area contributed by atoms with Crippen LogP contribution in [0, 0.1) is 0 Å². The molecule has 0 saturated carbocycles. The van der Waals surface area contributed by atoms with Crippen LogP contribution in [0.5, 0.6) is 0 Å². The number of nitrogens with zero attached hydrogens (tertiary/aromatic N) is 3. The third kappa shape index (κ3) is 7.92. The first-order chi connectivity index (χ1) is 20.1. The van der Waals surface area contributed by atoms with Gasteiger partial charge in [-0.15, -0.1) is 0 Å². The number of imidazole rings is 1. The van der Waals surface area contributed by atoms with Crippen molar-refractivity contribution in [2.75, 3.05) is 20.1 Å². The van der Waals surface area contributed by atoms with Crippen molar-refractivity contribution < 1.29 is 41.0 Å². The number of rotatable bonds is 5. The summed E-state index contributed by atoms with van der Waals surface area (Å²) < 4.78 is 70.8. The average Bonchev–Trinajstić information content (AvgIpc) is 3.59. The van der Waals surface area contributed by atoms with E-state index in [1.165, 1.54) is 11.6 Å². The number of halogens is 6. The van der Waals surface area contributed by atoms with E-state index in [9.17, 15) is 31.1 Å². The Morgan fingerprint density at radius 3 is 2.23 bits per heavy atom. The van der Waals surface area contributed by atoms with Gasteiger partial charge in [0.25, 0.3) is 0 Å². The van der Waals surface area contributed by atoms with E-state index in [1.807, 2.05) is 42.3 Å². The summed E-state index contributed by atoms with van der Waals surface area (Å²) in [5, 5.41) is 7.12. The van der Waals surface area contributed by atoms with Crippen molar-refractivity contribution in [3.8, 4) is 22.5 Å². The van der Waals surface area contributed by atoms with E-state index in [-0.39, 0.29) is 11.9 Å². The van der Waals surface area contributed by atoms with Crippen molar-refractivity contribution in [2.45, 2.75) is 38.3 Å². The van der Waals surface area contributed by atoms with E-state index in [1.54, 1.807) is 6.92 Å². The molecule has 0 radical (unpaired) electrons. The lowest BCUT2D eigenvalue weighted by Crippen LogP contribution is -2.37. The summed E-state index contributed by atoms with van der Waals surface area (Å²) in [5.41, 5.74) is 4.30. The lowest BCUT2D eigenvalue weighted by Gasteiger charge is -2.23. The predicted octanol–water partition coefficient (Wildman–Crippen LogP) is 6.60. The molecule has 2 heterocycles. The van der Waals surface area contributed by atoms with Crippen molar-refractivity contribution in [3.05, 3.63) is 77.9 Å². The number of hydrogen-bond acceptors (Lipinski definition) is 4. The van der Waals surface area contributed by atoms with Gasteiger partial charge in [0.2, 0.25) is 5.91 Å². The van der Waals surface area contributed by atoms with Gasteiger partial charge < -0.3 is 15.0 Å². The first-order valence-electron chi connectivity index (χ1n) is 13.1. The Hall–Kier alpha value is -4.39. The molecule has 7 nitrogen and oxygen atoms in total. The monoisotopic (exact) mass is 606 g/mol. The zero-order valence-corrected chi connectivity index (χ0v) is 23.1. The second kappa shape index (κ2) is 12.5. The zero-order valence-electron chi connectivity index (χ0n) is 23.1. The first-order valence-corrected chi connectivity index (χ1v) is 13.1. The molecule has 1 aliphatic heterocycles. The first kappa shape index (κ1) is 31.5. The molecule has 0 spiro atoms. The highest BCUT2D eigenvalue weighted by molar-refractivity contribution is 5.80. The van der Waals surface area contributed by atoms with Crippen LogP contribution in [-0.2, 0) is 22.3 Å². The van der Waals surface area contributed by atoms with Crippen molar-refractivity contribution in [2.24, 2.45) is 0 Å². The highest BCUT2D eigenvalue weighted by Gasteiger charge is 2.38. The minimum absolute atomic E-state index is 0.0981. The fourth-order valence-electron chi connectivity index (χ4n) is 4.78. The van der Waals surface area contributed by atoms with Crippen LogP contribution in [0.25, 0.3) is 33.5 Å². The molecule has 4 aromatic rings. The van der Waals surface area contributed by atoms with E-state index < -0.39 is 23.9 Å². The number of likely N-dealkylation sites (tertiary alicyclic amines) is 1. The number of likely N-dealkylation sites (N-methyl/N-ethyl adjacent to an activating group) is 1. The van der Waals surface area contributed by atoms with Gasteiger partial charge in [0, 0.05) is 45.2 Å². The molecule has 0 bridgehead atoms. The molecule has 228 valence electrons. The van der Waals surface area contributed by atoms with Crippen molar-refractivity contribution in [1.82, 2.24) is 19.8 Å². The van der Waals surface area contributed by atoms with Gasteiger partial charge in [-0.05, 0) is 47.4 Å². The van der Waals surface area contributed by atoms with Crippen LogP contribution < -0.4 is 0 Å². The Morgan fingerprint density at radius 2 is 1.63 bits per heavy atom. The molecular formula is C30H28F6N4O3. The quantitative estimate of drug-likeness (QED) is 0.250. The molecule has 1 saturated heterocycles. The summed E-state index contributed by atoms with van der Waals surface area (Å²) >= 11 is 0. The summed E-state index contributed by atoms with van der Waals surface area (Å²) in [6.07, 6.45) is -8.49. The second-order valence-electron chi connectivity index (χ2n) is 10.2. The minimum atomic E-state index is -5.08.